The molecule has 0 saturated heterocycles. The molecule has 0 aliphatic heterocycles. The van der Waals surface area contributed by atoms with E-state index in [0.29, 0.717) is 5.39 Å². The van der Waals surface area contributed by atoms with Crippen LogP contribution in [0.25, 0.3) is 10.8 Å². The summed E-state index contributed by atoms with van der Waals surface area (Å²) in [5, 5.41) is 10.4. The molecule has 0 aromatic heterocycles. The smallest absolute Gasteiger partial charge is 0.228 e. The molecule has 2 aromatic rings. The van der Waals surface area contributed by atoms with E-state index in [1.165, 1.54) is 18.2 Å². The summed E-state index contributed by atoms with van der Waals surface area (Å²) in [4.78, 5) is 0. The number of hydrogen-bond donors (Lipinski definition) is 1. The number of hydrogen-bond acceptors (Lipinski definition) is 2. The van der Waals surface area contributed by atoms with Crippen LogP contribution in [0, 0.1) is 5.82 Å². The first-order chi connectivity index (χ1) is 8.54. The minimum absolute atomic E-state index is 0.0116. The molecule has 4 heteroatoms. The number of phenols is 1. The van der Waals surface area contributed by atoms with Crippen molar-refractivity contribution in [1.82, 2.24) is 0 Å². The monoisotopic (exact) mass is 252 g/mol. The molecule has 2 aromatic carbocycles. The molecule has 0 fully saturated rings. The van der Waals surface area contributed by atoms with Gasteiger partial charge in [0.15, 0.2) is 0 Å². The van der Waals surface area contributed by atoms with Crippen LogP contribution in [-0.4, -0.2) is 12.0 Å². The van der Waals surface area contributed by atoms with Gasteiger partial charge in [0.25, 0.3) is 0 Å². The standard InChI is InChI=1S/C14H14F2O2/c1-8(2)10-5-9(17)6-11-12(16)3-4-13(14(10)11)18-7-15/h3-6,8,17H,7H2,1-2H3. The Bertz CT molecular complexity index is 580. The predicted molar refractivity (Wildman–Crippen MR) is 66.3 cm³/mol. The van der Waals surface area contributed by atoms with Gasteiger partial charge in [-0.25, -0.2) is 8.78 Å². The zero-order valence-electron chi connectivity index (χ0n) is 10.2. The Hall–Kier alpha value is -1.84. The number of ether oxygens (including phenoxy) is 1. The molecule has 0 heterocycles. The van der Waals surface area contributed by atoms with Crippen LogP contribution in [0.1, 0.15) is 25.3 Å². The fraction of sp³-hybridized carbons (Fsp3) is 0.286. The highest BCUT2D eigenvalue weighted by atomic mass is 19.1. The molecule has 96 valence electrons. The van der Waals surface area contributed by atoms with Gasteiger partial charge in [-0.05, 0) is 35.7 Å². The van der Waals surface area contributed by atoms with Gasteiger partial charge in [-0.15, -0.1) is 0 Å². The lowest BCUT2D eigenvalue weighted by molar-refractivity contribution is 0.194. The molecule has 0 spiro atoms. The van der Waals surface area contributed by atoms with Crippen molar-refractivity contribution in [2.45, 2.75) is 19.8 Å². The van der Waals surface area contributed by atoms with Crippen molar-refractivity contribution in [3.8, 4) is 11.5 Å². The molecule has 2 nitrogen and oxygen atoms in total. The molecule has 0 unspecified atom stereocenters. The molecule has 2 rings (SSSR count). The number of phenolic OH excluding ortho intramolecular Hbond substituents is 1. The predicted octanol–water partition coefficient (Wildman–Crippen LogP) is 4.11. The Labute approximate surface area is 104 Å². The zero-order valence-corrected chi connectivity index (χ0v) is 10.2. The van der Waals surface area contributed by atoms with E-state index in [2.05, 4.69) is 0 Å². The molecule has 1 N–H and O–H groups in total. The molecule has 0 atom stereocenters. The number of fused-ring (bicyclic) bond motifs is 1. The van der Waals surface area contributed by atoms with Crippen molar-refractivity contribution in [1.29, 1.82) is 0 Å². The average Bonchev–Trinajstić information content (AvgIpc) is 2.32. The van der Waals surface area contributed by atoms with E-state index in [4.69, 9.17) is 4.74 Å². The lowest BCUT2D eigenvalue weighted by Gasteiger charge is -2.15. The molecule has 0 bridgehead atoms. The zero-order chi connectivity index (χ0) is 13.3. The topological polar surface area (TPSA) is 29.5 Å². The minimum Gasteiger partial charge on any atom is -0.508 e. The van der Waals surface area contributed by atoms with Crippen LogP contribution in [0.2, 0.25) is 0 Å². The van der Waals surface area contributed by atoms with Crippen LogP contribution >= 0.6 is 0 Å². The van der Waals surface area contributed by atoms with Gasteiger partial charge in [0.2, 0.25) is 6.86 Å². The number of alkyl halides is 1. The summed E-state index contributed by atoms with van der Waals surface area (Å²) < 4.78 is 31.0. The quantitative estimate of drug-likeness (QED) is 0.890. The first kappa shape index (κ1) is 12.6. The molecule has 0 saturated carbocycles. The van der Waals surface area contributed by atoms with Crippen LogP contribution in [0.3, 0.4) is 0 Å². The third-order valence-electron chi connectivity index (χ3n) is 2.87. The summed E-state index contributed by atoms with van der Waals surface area (Å²) >= 11 is 0. The summed E-state index contributed by atoms with van der Waals surface area (Å²) in [6, 6.07) is 5.48. The van der Waals surface area contributed by atoms with E-state index < -0.39 is 12.7 Å². The van der Waals surface area contributed by atoms with Gasteiger partial charge < -0.3 is 9.84 Å². The Morgan fingerprint density at radius 2 is 2.00 bits per heavy atom. The molecular formula is C14H14F2O2. The third-order valence-corrected chi connectivity index (χ3v) is 2.87. The van der Waals surface area contributed by atoms with E-state index in [0.717, 1.165) is 5.56 Å². The van der Waals surface area contributed by atoms with Crippen LogP contribution in [-0.2, 0) is 0 Å². The summed E-state index contributed by atoms with van der Waals surface area (Å²) in [5.74, 6) is -0.127. The molecule has 0 aliphatic rings. The van der Waals surface area contributed by atoms with Crippen molar-refractivity contribution in [2.75, 3.05) is 6.86 Å². The normalized spacial score (nSPS) is 11.2. The van der Waals surface area contributed by atoms with E-state index in [1.54, 1.807) is 6.07 Å². The Morgan fingerprint density at radius 3 is 2.61 bits per heavy atom. The van der Waals surface area contributed by atoms with E-state index in [9.17, 15) is 13.9 Å². The second kappa shape index (κ2) is 4.80. The fourth-order valence-electron chi connectivity index (χ4n) is 2.07. The maximum absolute atomic E-state index is 13.8. The van der Waals surface area contributed by atoms with Gasteiger partial charge in [0.05, 0.1) is 0 Å². The molecule has 0 aliphatic carbocycles. The van der Waals surface area contributed by atoms with Crippen molar-refractivity contribution >= 4 is 10.8 Å². The first-order valence-electron chi connectivity index (χ1n) is 5.68. The van der Waals surface area contributed by atoms with Crippen molar-refractivity contribution in [3.05, 3.63) is 35.6 Å². The number of rotatable bonds is 3. The fourth-order valence-corrected chi connectivity index (χ4v) is 2.07. The van der Waals surface area contributed by atoms with Gasteiger partial charge >= 0.3 is 0 Å². The van der Waals surface area contributed by atoms with Crippen molar-refractivity contribution < 1.29 is 18.6 Å². The highest BCUT2D eigenvalue weighted by molar-refractivity contribution is 5.93. The van der Waals surface area contributed by atoms with Gasteiger partial charge in [-0.1, -0.05) is 13.8 Å². The van der Waals surface area contributed by atoms with E-state index >= 15 is 0 Å². The van der Waals surface area contributed by atoms with Crippen LogP contribution in [0.4, 0.5) is 8.78 Å². The maximum Gasteiger partial charge on any atom is 0.228 e. The summed E-state index contributed by atoms with van der Waals surface area (Å²) in [5.41, 5.74) is 0.730. The Morgan fingerprint density at radius 1 is 1.28 bits per heavy atom. The average molecular weight is 252 g/mol. The van der Waals surface area contributed by atoms with Gasteiger partial charge in [-0.3, -0.25) is 0 Å². The number of benzene rings is 2. The van der Waals surface area contributed by atoms with Gasteiger partial charge in [-0.2, -0.15) is 0 Å². The third kappa shape index (κ3) is 2.10. The lowest BCUT2D eigenvalue weighted by Crippen LogP contribution is -1.97. The molecule has 0 radical (unpaired) electrons. The lowest BCUT2D eigenvalue weighted by atomic mass is 9.95. The largest absolute Gasteiger partial charge is 0.508 e. The van der Waals surface area contributed by atoms with E-state index in [1.807, 2.05) is 13.8 Å². The first-order valence-corrected chi connectivity index (χ1v) is 5.68. The van der Waals surface area contributed by atoms with Gasteiger partial charge in [0.1, 0.15) is 17.3 Å². The molecule has 18 heavy (non-hydrogen) atoms. The van der Waals surface area contributed by atoms with Crippen LogP contribution < -0.4 is 4.74 Å². The summed E-state index contributed by atoms with van der Waals surface area (Å²) in [7, 11) is 0. The summed E-state index contributed by atoms with van der Waals surface area (Å²) in [6.45, 7) is 2.86. The van der Waals surface area contributed by atoms with Crippen molar-refractivity contribution in [2.24, 2.45) is 0 Å². The number of halogens is 2. The Kier molecular flexibility index (Phi) is 3.36. The highest BCUT2D eigenvalue weighted by Crippen LogP contribution is 2.37. The van der Waals surface area contributed by atoms with E-state index in [-0.39, 0.29) is 22.8 Å². The van der Waals surface area contributed by atoms with Crippen molar-refractivity contribution in [3.63, 3.8) is 0 Å². The highest BCUT2D eigenvalue weighted by Gasteiger charge is 2.15. The SMILES string of the molecule is CC(C)c1cc(O)cc2c(F)ccc(OCF)c12. The summed E-state index contributed by atoms with van der Waals surface area (Å²) in [6.07, 6.45) is 0. The molecule has 0 amide bonds. The minimum atomic E-state index is -0.973. The van der Waals surface area contributed by atoms with Gasteiger partial charge in [0, 0.05) is 10.8 Å². The molecular weight excluding hydrogens is 238 g/mol. The number of aromatic hydroxyl groups is 1. The Balaban J connectivity index is 2.85. The van der Waals surface area contributed by atoms with Crippen LogP contribution in [0.15, 0.2) is 24.3 Å². The second-order valence-corrected chi connectivity index (χ2v) is 4.41. The van der Waals surface area contributed by atoms with Crippen LogP contribution in [0.5, 0.6) is 11.5 Å². The maximum atomic E-state index is 13.8. The second-order valence-electron chi connectivity index (χ2n) is 4.41.